The van der Waals surface area contributed by atoms with Gasteiger partial charge in [0.05, 0.1) is 5.52 Å². The van der Waals surface area contributed by atoms with E-state index < -0.39 is 11.0 Å². The summed E-state index contributed by atoms with van der Waals surface area (Å²) in [5.74, 6) is -0.294. The van der Waals surface area contributed by atoms with E-state index in [4.69, 9.17) is 5.73 Å². The van der Waals surface area contributed by atoms with Crippen LogP contribution in [0.5, 0.6) is 0 Å². The van der Waals surface area contributed by atoms with Crippen LogP contribution in [-0.4, -0.2) is 15.0 Å². The van der Waals surface area contributed by atoms with Crippen molar-refractivity contribution < 1.29 is 4.39 Å². The SMILES string of the molecule is CCn1c2cc(C3CCC(N)C3)c(F)cc2c(=O)c2c(=O)[nH]sc21. The van der Waals surface area contributed by atoms with Gasteiger partial charge in [-0.1, -0.05) is 0 Å². The van der Waals surface area contributed by atoms with Crippen molar-refractivity contribution in [3.05, 3.63) is 44.1 Å². The Balaban J connectivity index is 2.08. The number of nitrogens with one attached hydrogen (secondary N) is 1. The van der Waals surface area contributed by atoms with E-state index in [1.54, 1.807) is 6.07 Å². The van der Waals surface area contributed by atoms with Gasteiger partial charge in [-0.05, 0) is 61.3 Å². The van der Waals surface area contributed by atoms with Crippen LogP contribution in [-0.2, 0) is 6.54 Å². The van der Waals surface area contributed by atoms with Gasteiger partial charge in [0.15, 0.2) is 0 Å². The zero-order valence-corrected chi connectivity index (χ0v) is 14.1. The van der Waals surface area contributed by atoms with E-state index in [9.17, 15) is 14.0 Å². The highest BCUT2D eigenvalue weighted by atomic mass is 32.1. The van der Waals surface area contributed by atoms with Crippen molar-refractivity contribution in [1.29, 1.82) is 0 Å². The van der Waals surface area contributed by atoms with Crippen LogP contribution >= 0.6 is 11.5 Å². The Morgan fingerprint density at radius 3 is 2.83 bits per heavy atom. The van der Waals surface area contributed by atoms with E-state index in [2.05, 4.69) is 4.37 Å². The smallest absolute Gasteiger partial charge is 0.271 e. The number of aromatic amines is 1. The van der Waals surface area contributed by atoms with Crippen molar-refractivity contribution in [2.75, 3.05) is 0 Å². The molecular weight excluding hydrogens is 329 g/mol. The lowest BCUT2D eigenvalue weighted by atomic mass is 9.95. The summed E-state index contributed by atoms with van der Waals surface area (Å²) in [5, 5.41) is 0.376. The van der Waals surface area contributed by atoms with Crippen molar-refractivity contribution in [1.82, 2.24) is 8.94 Å². The van der Waals surface area contributed by atoms with E-state index in [1.165, 1.54) is 6.07 Å². The van der Waals surface area contributed by atoms with Crippen molar-refractivity contribution in [2.45, 2.75) is 44.7 Å². The average molecular weight is 347 g/mol. The number of aryl methyl sites for hydroxylation is 1. The molecule has 1 aliphatic rings. The Morgan fingerprint density at radius 1 is 1.38 bits per heavy atom. The predicted octanol–water partition coefficient (Wildman–Crippen LogP) is 2.66. The zero-order chi connectivity index (χ0) is 17.0. The summed E-state index contributed by atoms with van der Waals surface area (Å²) >= 11 is 1.15. The number of nitrogens with two attached hydrogens (primary N) is 1. The highest BCUT2D eigenvalue weighted by molar-refractivity contribution is 7.12. The Kier molecular flexibility index (Phi) is 3.58. The molecule has 1 saturated carbocycles. The third kappa shape index (κ3) is 2.15. The molecule has 1 aromatic carbocycles. The maximum absolute atomic E-state index is 14.7. The predicted molar refractivity (Wildman–Crippen MR) is 94.4 cm³/mol. The molecular formula is C17H18FN3O2S. The van der Waals surface area contributed by atoms with Gasteiger partial charge in [0.25, 0.3) is 5.56 Å². The second-order valence-corrected chi connectivity index (χ2v) is 7.24. The number of H-pyrrole nitrogens is 1. The van der Waals surface area contributed by atoms with Gasteiger partial charge in [0, 0.05) is 18.0 Å². The number of fused-ring (bicyclic) bond motifs is 2. The van der Waals surface area contributed by atoms with Gasteiger partial charge >= 0.3 is 0 Å². The normalized spacial score (nSPS) is 21.1. The van der Waals surface area contributed by atoms with Gasteiger partial charge in [0.1, 0.15) is 16.0 Å². The molecule has 0 radical (unpaired) electrons. The van der Waals surface area contributed by atoms with Crippen LogP contribution < -0.4 is 16.7 Å². The molecule has 2 aromatic heterocycles. The molecule has 126 valence electrons. The fourth-order valence-corrected chi connectivity index (χ4v) is 4.75. The molecule has 3 N–H and O–H groups in total. The summed E-state index contributed by atoms with van der Waals surface area (Å²) in [7, 11) is 0. The van der Waals surface area contributed by atoms with Crippen LogP contribution in [0, 0.1) is 5.82 Å². The molecule has 3 aromatic rings. The molecule has 2 atom stereocenters. The maximum Gasteiger partial charge on any atom is 0.271 e. The van der Waals surface area contributed by atoms with Crippen molar-refractivity contribution >= 4 is 32.7 Å². The number of hydrogen-bond donors (Lipinski definition) is 2. The Labute approximate surface area is 141 Å². The topological polar surface area (TPSA) is 80.9 Å². The third-order valence-electron chi connectivity index (χ3n) is 5.03. The largest absolute Gasteiger partial charge is 0.331 e. The lowest BCUT2D eigenvalue weighted by Crippen LogP contribution is -2.16. The van der Waals surface area contributed by atoms with E-state index in [1.807, 2.05) is 11.5 Å². The third-order valence-corrected chi connectivity index (χ3v) is 5.94. The number of hydrogen-bond acceptors (Lipinski definition) is 4. The minimum Gasteiger partial charge on any atom is -0.331 e. The summed E-state index contributed by atoms with van der Waals surface area (Å²) in [6.07, 6.45) is 2.51. The molecule has 7 heteroatoms. The lowest BCUT2D eigenvalue weighted by Gasteiger charge is -2.15. The van der Waals surface area contributed by atoms with Crippen LogP contribution in [0.2, 0.25) is 0 Å². The summed E-state index contributed by atoms with van der Waals surface area (Å²) < 4.78 is 19.2. The Hall–Kier alpha value is -1.99. The highest BCUT2D eigenvalue weighted by Crippen LogP contribution is 2.36. The molecule has 0 saturated heterocycles. The van der Waals surface area contributed by atoms with Gasteiger partial charge in [-0.15, -0.1) is 0 Å². The highest BCUT2D eigenvalue weighted by Gasteiger charge is 2.27. The number of rotatable bonds is 2. The van der Waals surface area contributed by atoms with Crippen molar-refractivity contribution in [3.8, 4) is 0 Å². The molecule has 0 spiro atoms. The molecule has 2 unspecified atom stereocenters. The van der Waals surface area contributed by atoms with Crippen LogP contribution in [0.4, 0.5) is 4.39 Å². The minimum absolute atomic E-state index is 0.0884. The van der Waals surface area contributed by atoms with Gasteiger partial charge in [-0.2, -0.15) is 0 Å². The lowest BCUT2D eigenvalue weighted by molar-refractivity contribution is 0.577. The van der Waals surface area contributed by atoms with E-state index in [-0.39, 0.29) is 28.5 Å². The molecule has 0 bridgehead atoms. The number of pyridine rings is 1. The maximum atomic E-state index is 14.7. The van der Waals surface area contributed by atoms with Gasteiger partial charge in [-0.25, -0.2) is 4.39 Å². The first-order valence-electron chi connectivity index (χ1n) is 8.14. The van der Waals surface area contributed by atoms with Crippen LogP contribution in [0.25, 0.3) is 21.1 Å². The molecule has 4 rings (SSSR count). The van der Waals surface area contributed by atoms with Crippen molar-refractivity contribution in [3.63, 3.8) is 0 Å². The van der Waals surface area contributed by atoms with E-state index >= 15 is 0 Å². The quantitative estimate of drug-likeness (QED) is 0.748. The summed E-state index contributed by atoms with van der Waals surface area (Å²) in [6.45, 7) is 2.54. The number of aromatic nitrogens is 2. The fraction of sp³-hybridized carbons (Fsp3) is 0.412. The second kappa shape index (κ2) is 5.53. The summed E-state index contributed by atoms with van der Waals surface area (Å²) in [6, 6.07) is 3.18. The van der Waals surface area contributed by atoms with Gasteiger partial charge < -0.3 is 10.3 Å². The second-order valence-electron chi connectivity index (χ2n) is 6.45. The van der Waals surface area contributed by atoms with E-state index in [0.29, 0.717) is 22.5 Å². The molecule has 2 heterocycles. The first-order valence-corrected chi connectivity index (χ1v) is 8.95. The summed E-state index contributed by atoms with van der Waals surface area (Å²) in [4.78, 5) is 25.2. The number of benzene rings is 1. The Morgan fingerprint density at radius 2 is 2.17 bits per heavy atom. The summed E-state index contributed by atoms with van der Waals surface area (Å²) in [5.41, 5.74) is 6.47. The van der Waals surface area contributed by atoms with Gasteiger partial charge in [-0.3, -0.25) is 14.0 Å². The molecule has 24 heavy (non-hydrogen) atoms. The monoisotopic (exact) mass is 347 g/mol. The first kappa shape index (κ1) is 15.5. The number of halogens is 1. The zero-order valence-electron chi connectivity index (χ0n) is 13.3. The molecule has 1 fully saturated rings. The van der Waals surface area contributed by atoms with Crippen molar-refractivity contribution in [2.24, 2.45) is 5.73 Å². The fourth-order valence-electron chi connectivity index (χ4n) is 3.84. The van der Waals surface area contributed by atoms with Crippen LogP contribution in [0.3, 0.4) is 0 Å². The standard InChI is InChI=1S/C17H18FN3O2S/c1-2-21-13-7-10(8-3-4-9(19)5-8)12(18)6-11(13)15(22)14-16(23)20-24-17(14)21/h6-9H,2-5,19H2,1H3,(H,20,23). The van der Waals surface area contributed by atoms with Crippen LogP contribution in [0.15, 0.2) is 21.7 Å². The molecule has 1 aliphatic carbocycles. The molecule has 5 nitrogen and oxygen atoms in total. The first-order chi connectivity index (χ1) is 11.5. The van der Waals surface area contributed by atoms with Crippen LogP contribution in [0.1, 0.15) is 37.7 Å². The van der Waals surface area contributed by atoms with E-state index in [0.717, 1.165) is 30.8 Å². The molecule has 0 aliphatic heterocycles. The average Bonchev–Trinajstić information content (AvgIpc) is 3.15. The van der Waals surface area contributed by atoms with Gasteiger partial charge in [0.2, 0.25) is 5.43 Å². The Bertz CT molecular complexity index is 1070. The minimum atomic E-state index is -0.407. The number of nitrogens with zero attached hydrogens (tertiary/aromatic N) is 1. The molecule has 0 amide bonds.